The Morgan fingerprint density at radius 3 is 1.79 bits per heavy atom. The van der Waals surface area contributed by atoms with Crippen LogP contribution in [-0.4, -0.2) is 5.11 Å². The van der Waals surface area contributed by atoms with Crippen molar-refractivity contribution in [1.82, 2.24) is 0 Å². The van der Waals surface area contributed by atoms with E-state index in [1.807, 2.05) is 54.6 Å². The van der Waals surface area contributed by atoms with Crippen LogP contribution in [0.4, 0.5) is 0 Å². The van der Waals surface area contributed by atoms with Crippen LogP contribution in [0.15, 0.2) is 54.6 Å². The van der Waals surface area contributed by atoms with E-state index in [-0.39, 0.29) is 23.2 Å². The molecule has 0 radical (unpaired) electrons. The standard InChI is InChI=1S/C7H9O.C5H5.Fe/c1-6(8)7-4-2-3-5-7;1-2-4-5-3-1;/h2-6,8H,1H3;1-5H;/q2*-1;+6. The Morgan fingerprint density at radius 2 is 1.57 bits per heavy atom. The van der Waals surface area contributed by atoms with Crippen molar-refractivity contribution in [3.63, 3.8) is 0 Å². The van der Waals surface area contributed by atoms with Crippen LogP contribution in [0.25, 0.3) is 0 Å². The second kappa shape index (κ2) is 7.57. The zero-order chi connectivity index (χ0) is 9.52. The monoisotopic (exact) mass is 230 g/mol. The molecule has 14 heavy (non-hydrogen) atoms. The van der Waals surface area contributed by atoms with Gasteiger partial charge < -0.3 is 5.11 Å². The van der Waals surface area contributed by atoms with Gasteiger partial charge in [-0.2, -0.15) is 30.3 Å². The molecule has 0 aliphatic rings. The zero-order valence-corrected chi connectivity index (χ0v) is 9.18. The van der Waals surface area contributed by atoms with Crippen LogP contribution < -0.4 is 0 Å². The second-order valence-corrected chi connectivity index (χ2v) is 2.86. The molecule has 2 aromatic rings. The first-order valence-electron chi connectivity index (χ1n) is 4.37. The van der Waals surface area contributed by atoms with Crippen molar-refractivity contribution in [2.75, 3.05) is 0 Å². The van der Waals surface area contributed by atoms with E-state index >= 15 is 0 Å². The van der Waals surface area contributed by atoms with E-state index in [0.29, 0.717) is 0 Å². The molecule has 0 amide bonds. The molecule has 0 bridgehead atoms. The molecule has 1 atom stereocenters. The largest absolute Gasteiger partial charge is 6.00 e. The summed E-state index contributed by atoms with van der Waals surface area (Å²) in [7, 11) is 0. The van der Waals surface area contributed by atoms with Crippen molar-refractivity contribution in [1.29, 1.82) is 0 Å². The van der Waals surface area contributed by atoms with Crippen LogP contribution >= 0.6 is 0 Å². The summed E-state index contributed by atoms with van der Waals surface area (Å²) in [5, 5.41) is 8.91. The minimum atomic E-state index is -0.315. The van der Waals surface area contributed by atoms with E-state index in [1.165, 1.54) is 0 Å². The van der Waals surface area contributed by atoms with Gasteiger partial charge in [0.25, 0.3) is 0 Å². The summed E-state index contributed by atoms with van der Waals surface area (Å²) in [6.07, 6.45) is -0.315. The van der Waals surface area contributed by atoms with E-state index in [4.69, 9.17) is 5.11 Å². The first-order valence-corrected chi connectivity index (χ1v) is 4.37. The van der Waals surface area contributed by atoms with E-state index in [1.54, 1.807) is 6.92 Å². The average molecular weight is 230 g/mol. The molecule has 0 heterocycles. The molecule has 0 fully saturated rings. The van der Waals surface area contributed by atoms with Gasteiger partial charge in [-0.15, -0.1) is 5.56 Å². The number of rotatable bonds is 1. The number of aliphatic hydroxyl groups excluding tert-OH is 1. The topological polar surface area (TPSA) is 20.2 Å². The average Bonchev–Trinajstić information content (AvgIpc) is 2.82. The number of aliphatic hydroxyl groups is 1. The van der Waals surface area contributed by atoms with Crippen molar-refractivity contribution in [3.05, 3.63) is 60.2 Å². The van der Waals surface area contributed by atoms with Crippen LogP contribution in [0.3, 0.4) is 0 Å². The molecule has 1 N–H and O–H groups in total. The summed E-state index contributed by atoms with van der Waals surface area (Å²) in [4.78, 5) is 0. The summed E-state index contributed by atoms with van der Waals surface area (Å²) in [5.41, 5.74) is 0.991. The summed E-state index contributed by atoms with van der Waals surface area (Å²) in [6.45, 7) is 1.76. The van der Waals surface area contributed by atoms with Crippen molar-refractivity contribution in [2.45, 2.75) is 13.0 Å². The maximum Gasteiger partial charge on any atom is 6.00 e. The van der Waals surface area contributed by atoms with Crippen LogP contribution in [0.1, 0.15) is 18.6 Å². The summed E-state index contributed by atoms with van der Waals surface area (Å²) >= 11 is 0. The predicted molar refractivity (Wildman–Crippen MR) is 54.7 cm³/mol. The zero-order valence-electron chi connectivity index (χ0n) is 8.07. The third-order valence-corrected chi connectivity index (χ3v) is 1.73. The number of hydrogen-bond donors (Lipinski definition) is 1. The van der Waals surface area contributed by atoms with Gasteiger partial charge in [-0.1, -0.05) is 0 Å². The quantitative estimate of drug-likeness (QED) is 0.589. The van der Waals surface area contributed by atoms with Crippen LogP contribution in [-0.2, 0) is 17.1 Å². The van der Waals surface area contributed by atoms with Crippen molar-refractivity contribution >= 4 is 0 Å². The molecule has 72 valence electrons. The maximum absolute atomic E-state index is 8.91. The number of hydrogen-bond acceptors (Lipinski definition) is 1. The van der Waals surface area contributed by atoms with Gasteiger partial charge in [0.1, 0.15) is 0 Å². The molecular formula is C12H14FeO+4. The fraction of sp³-hybridized carbons (Fsp3) is 0.167. The fourth-order valence-electron chi connectivity index (χ4n) is 0.988. The summed E-state index contributed by atoms with van der Waals surface area (Å²) < 4.78 is 0. The second-order valence-electron chi connectivity index (χ2n) is 2.86. The third kappa shape index (κ3) is 5.03. The SMILES string of the molecule is CC(O)[c-]1cccc1.[Fe+6].c1cc[cH-]c1. The third-order valence-electron chi connectivity index (χ3n) is 1.73. The van der Waals surface area contributed by atoms with Crippen LogP contribution in [0.5, 0.6) is 0 Å². The van der Waals surface area contributed by atoms with E-state index in [0.717, 1.165) is 5.56 Å². The Morgan fingerprint density at radius 1 is 1.07 bits per heavy atom. The van der Waals surface area contributed by atoms with Gasteiger partial charge >= 0.3 is 17.1 Å². The molecule has 0 saturated carbocycles. The summed E-state index contributed by atoms with van der Waals surface area (Å²) in [5.74, 6) is 0. The molecule has 2 rings (SSSR count). The Hall–Kier alpha value is -0.821. The fourth-order valence-corrected chi connectivity index (χ4v) is 0.988. The molecule has 0 aromatic heterocycles. The van der Waals surface area contributed by atoms with E-state index in [9.17, 15) is 0 Å². The first-order chi connectivity index (χ1) is 6.30. The molecule has 0 spiro atoms. The minimum Gasteiger partial charge on any atom is -0.401 e. The van der Waals surface area contributed by atoms with Gasteiger partial charge in [0, 0.05) is 6.10 Å². The Bertz CT molecular complexity index is 265. The molecule has 1 unspecified atom stereocenters. The molecule has 1 nitrogen and oxygen atoms in total. The van der Waals surface area contributed by atoms with Crippen molar-refractivity contribution < 1.29 is 22.2 Å². The maximum atomic E-state index is 8.91. The summed E-state index contributed by atoms with van der Waals surface area (Å²) in [6, 6.07) is 17.7. The van der Waals surface area contributed by atoms with E-state index < -0.39 is 0 Å². The first kappa shape index (κ1) is 13.2. The normalized spacial score (nSPS) is 10.7. The van der Waals surface area contributed by atoms with Gasteiger partial charge in [0.2, 0.25) is 0 Å². The molecular weight excluding hydrogens is 216 g/mol. The van der Waals surface area contributed by atoms with Crippen molar-refractivity contribution in [3.8, 4) is 0 Å². The smallest absolute Gasteiger partial charge is 0.401 e. The van der Waals surface area contributed by atoms with Crippen LogP contribution in [0, 0.1) is 0 Å². The molecule has 0 aliphatic heterocycles. The van der Waals surface area contributed by atoms with Gasteiger partial charge in [-0.25, -0.2) is 24.3 Å². The Labute approximate surface area is 95.6 Å². The molecule has 2 heteroatoms. The van der Waals surface area contributed by atoms with Gasteiger partial charge in [0.15, 0.2) is 0 Å². The minimum absolute atomic E-state index is 0. The molecule has 2 aromatic carbocycles. The predicted octanol–water partition coefficient (Wildman–Crippen LogP) is 2.86. The molecule has 0 saturated heterocycles. The van der Waals surface area contributed by atoms with Crippen molar-refractivity contribution in [2.24, 2.45) is 0 Å². The van der Waals surface area contributed by atoms with Gasteiger partial charge in [-0.05, 0) is 6.92 Å². The Balaban J connectivity index is 0.000000246. The van der Waals surface area contributed by atoms with Gasteiger partial charge in [0.05, 0.1) is 0 Å². The van der Waals surface area contributed by atoms with Crippen LogP contribution in [0.2, 0.25) is 0 Å². The Kier molecular flexibility index (Phi) is 7.13. The molecule has 0 aliphatic carbocycles. The van der Waals surface area contributed by atoms with E-state index in [2.05, 4.69) is 0 Å². The van der Waals surface area contributed by atoms with Gasteiger partial charge in [-0.3, -0.25) is 0 Å².